The molecule has 0 aliphatic carbocycles. The van der Waals surface area contributed by atoms with Crippen LogP contribution < -0.4 is 10.6 Å². The van der Waals surface area contributed by atoms with Crippen molar-refractivity contribution in [3.8, 4) is 0 Å². The van der Waals surface area contributed by atoms with Gasteiger partial charge in [0.25, 0.3) is 0 Å². The molecule has 2 rings (SSSR count). The maximum Gasteiger partial charge on any atom is 0.129 e. The molecule has 20 heavy (non-hydrogen) atoms. The second kappa shape index (κ2) is 6.48. The zero-order chi connectivity index (χ0) is 14.5. The van der Waals surface area contributed by atoms with Gasteiger partial charge >= 0.3 is 0 Å². The lowest BCUT2D eigenvalue weighted by Gasteiger charge is -2.22. The molecule has 0 aliphatic heterocycles. The molecule has 2 N–H and O–H groups in total. The summed E-state index contributed by atoms with van der Waals surface area (Å²) < 4.78 is 0. The van der Waals surface area contributed by atoms with Gasteiger partial charge in [0.05, 0.1) is 12.2 Å². The Labute approximate surface area is 120 Å². The van der Waals surface area contributed by atoms with E-state index in [1.165, 1.54) is 0 Å². The van der Waals surface area contributed by atoms with Gasteiger partial charge in [-0.15, -0.1) is 0 Å². The highest BCUT2D eigenvalue weighted by Crippen LogP contribution is 2.18. The van der Waals surface area contributed by atoms with Crippen molar-refractivity contribution < 1.29 is 0 Å². The van der Waals surface area contributed by atoms with Crippen molar-refractivity contribution in [3.63, 3.8) is 0 Å². The molecule has 0 saturated carbocycles. The summed E-state index contributed by atoms with van der Waals surface area (Å²) in [5.74, 6) is 0.950. The van der Waals surface area contributed by atoms with Gasteiger partial charge in [0.15, 0.2) is 0 Å². The van der Waals surface area contributed by atoms with Crippen LogP contribution in [0, 0.1) is 6.92 Å². The fourth-order valence-corrected chi connectivity index (χ4v) is 2.13. The molecule has 2 aromatic heterocycles. The molecule has 0 bridgehead atoms. The molecule has 1 atom stereocenters. The van der Waals surface area contributed by atoms with E-state index in [1.54, 1.807) is 0 Å². The molecule has 106 valence electrons. The largest absolute Gasteiger partial charge is 0.351 e. The van der Waals surface area contributed by atoms with Crippen LogP contribution in [-0.2, 0) is 6.54 Å². The summed E-state index contributed by atoms with van der Waals surface area (Å²) in [6, 6.07) is 10.1. The topological polar surface area (TPSA) is 55.0 Å². The lowest BCUT2D eigenvalue weighted by atomic mass is 10.1. The van der Waals surface area contributed by atoms with Crippen LogP contribution in [0.25, 0.3) is 0 Å². The molecular weight excluding hydrogens is 248 g/mol. The standard InChI is InChI=1S/C16H22N4/c1-4-20(11-15-7-5-6-12(2)19-15)16-10-14(13(3)17)8-9-18-16/h5-10,13H,4,11,17H2,1-3H3/t13-/m0/s1. The summed E-state index contributed by atoms with van der Waals surface area (Å²) in [6.45, 7) is 7.75. The van der Waals surface area contributed by atoms with Gasteiger partial charge in [-0.25, -0.2) is 4.98 Å². The fraction of sp³-hybridized carbons (Fsp3) is 0.375. The molecule has 0 spiro atoms. The molecule has 0 unspecified atom stereocenters. The predicted octanol–water partition coefficient (Wildman–Crippen LogP) is 2.83. The minimum atomic E-state index is 0.0209. The number of nitrogens with two attached hydrogens (primary N) is 1. The van der Waals surface area contributed by atoms with Crippen LogP contribution in [-0.4, -0.2) is 16.5 Å². The van der Waals surface area contributed by atoms with Crippen LogP contribution in [0.2, 0.25) is 0 Å². The fourth-order valence-electron chi connectivity index (χ4n) is 2.13. The highest BCUT2D eigenvalue weighted by molar-refractivity contribution is 5.42. The first-order chi connectivity index (χ1) is 9.60. The predicted molar refractivity (Wildman–Crippen MR) is 82.5 cm³/mol. The van der Waals surface area contributed by atoms with Crippen molar-refractivity contribution >= 4 is 5.82 Å². The molecule has 2 aromatic rings. The van der Waals surface area contributed by atoms with Crippen LogP contribution in [0.3, 0.4) is 0 Å². The van der Waals surface area contributed by atoms with Crippen LogP contribution in [0.1, 0.15) is 36.8 Å². The summed E-state index contributed by atoms with van der Waals surface area (Å²) in [4.78, 5) is 11.2. The van der Waals surface area contributed by atoms with Crippen molar-refractivity contribution in [3.05, 3.63) is 53.5 Å². The van der Waals surface area contributed by atoms with Gasteiger partial charge in [0, 0.05) is 24.5 Å². The van der Waals surface area contributed by atoms with Crippen LogP contribution >= 0.6 is 0 Å². The van der Waals surface area contributed by atoms with E-state index in [1.807, 2.05) is 44.3 Å². The van der Waals surface area contributed by atoms with Crippen LogP contribution in [0.4, 0.5) is 5.82 Å². The Kier molecular flexibility index (Phi) is 4.69. The first kappa shape index (κ1) is 14.5. The molecule has 0 aromatic carbocycles. The van der Waals surface area contributed by atoms with Gasteiger partial charge in [-0.3, -0.25) is 4.98 Å². The van der Waals surface area contributed by atoms with E-state index in [0.29, 0.717) is 0 Å². The molecular formula is C16H22N4. The minimum Gasteiger partial charge on any atom is -0.351 e. The van der Waals surface area contributed by atoms with Gasteiger partial charge in [-0.05, 0) is 50.6 Å². The number of aryl methyl sites for hydroxylation is 1. The summed E-state index contributed by atoms with van der Waals surface area (Å²) in [7, 11) is 0. The summed E-state index contributed by atoms with van der Waals surface area (Å²) in [5, 5.41) is 0. The van der Waals surface area contributed by atoms with Crippen molar-refractivity contribution in [2.45, 2.75) is 33.4 Å². The minimum absolute atomic E-state index is 0.0209. The lowest BCUT2D eigenvalue weighted by Crippen LogP contribution is -2.24. The molecule has 0 aliphatic rings. The lowest BCUT2D eigenvalue weighted by molar-refractivity contribution is 0.777. The maximum atomic E-state index is 5.94. The summed E-state index contributed by atoms with van der Waals surface area (Å²) in [5.41, 5.74) is 9.13. The van der Waals surface area contributed by atoms with Gasteiger partial charge in [-0.2, -0.15) is 0 Å². The van der Waals surface area contributed by atoms with E-state index >= 15 is 0 Å². The Balaban J connectivity index is 2.22. The maximum absolute atomic E-state index is 5.94. The zero-order valence-electron chi connectivity index (χ0n) is 12.4. The van der Waals surface area contributed by atoms with Gasteiger partial charge < -0.3 is 10.6 Å². The Hall–Kier alpha value is -1.94. The molecule has 0 saturated heterocycles. The first-order valence-corrected chi connectivity index (χ1v) is 6.99. The Morgan fingerprint density at radius 2 is 2.10 bits per heavy atom. The van der Waals surface area contributed by atoms with E-state index in [-0.39, 0.29) is 6.04 Å². The number of aromatic nitrogens is 2. The normalized spacial score (nSPS) is 12.2. The second-order valence-electron chi connectivity index (χ2n) is 5.02. The highest BCUT2D eigenvalue weighted by Gasteiger charge is 2.09. The van der Waals surface area contributed by atoms with Crippen molar-refractivity contribution in [2.75, 3.05) is 11.4 Å². The van der Waals surface area contributed by atoms with E-state index in [4.69, 9.17) is 5.73 Å². The molecule has 0 radical (unpaired) electrons. The third-order valence-corrected chi connectivity index (χ3v) is 3.30. The number of pyridine rings is 2. The van der Waals surface area contributed by atoms with Crippen molar-refractivity contribution in [1.29, 1.82) is 0 Å². The number of hydrogen-bond acceptors (Lipinski definition) is 4. The first-order valence-electron chi connectivity index (χ1n) is 6.99. The number of nitrogens with zero attached hydrogens (tertiary/aromatic N) is 3. The zero-order valence-corrected chi connectivity index (χ0v) is 12.4. The number of rotatable bonds is 5. The van der Waals surface area contributed by atoms with E-state index < -0.39 is 0 Å². The number of anilines is 1. The molecule has 0 fully saturated rings. The quantitative estimate of drug-likeness (QED) is 0.907. The van der Waals surface area contributed by atoms with Crippen LogP contribution in [0.15, 0.2) is 36.5 Å². The molecule has 0 amide bonds. The second-order valence-corrected chi connectivity index (χ2v) is 5.02. The number of hydrogen-bond donors (Lipinski definition) is 1. The average Bonchev–Trinajstić information content (AvgIpc) is 2.45. The highest BCUT2D eigenvalue weighted by atomic mass is 15.2. The Morgan fingerprint density at radius 3 is 2.75 bits per heavy atom. The summed E-state index contributed by atoms with van der Waals surface area (Å²) in [6.07, 6.45) is 1.82. The molecule has 2 heterocycles. The molecule has 4 heteroatoms. The van der Waals surface area contributed by atoms with Crippen molar-refractivity contribution in [2.24, 2.45) is 5.73 Å². The summed E-state index contributed by atoms with van der Waals surface area (Å²) >= 11 is 0. The third kappa shape index (κ3) is 3.54. The van der Waals surface area contributed by atoms with E-state index in [9.17, 15) is 0 Å². The van der Waals surface area contributed by atoms with E-state index in [0.717, 1.165) is 35.9 Å². The van der Waals surface area contributed by atoms with E-state index in [2.05, 4.69) is 27.9 Å². The van der Waals surface area contributed by atoms with Gasteiger partial charge in [0.1, 0.15) is 5.82 Å². The SMILES string of the molecule is CCN(Cc1cccc(C)n1)c1cc([C@H](C)N)ccn1. The average molecular weight is 270 g/mol. The third-order valence-electron chi connectivity index (χ3n) is 3.30. The van der Waals surface area contributed by atoms with Crippen molar-refractivity contribution in [1.82, 2.24) is 9.97 Å². The van der Waals surface area contributed by atoms with Gasteiger partial charge in [-0.1, -0.05) is 6.07 Å². The Bertz CT molecular complexity index is 566. The van der Waals surface area contributed by atoms with Gasteiger partial charge in [0.2, 0.25) is 0 Å². The molecule has 4 nitrogen and oxygen atoms in total. The monoisotopic (exact) mass is 270 g/mol. The van der Waals surface area contributed by atoms with Crippen LogP contribution in [0.5, 0.6) is 0 Å². The smallest absolute Gasteiger partial charge is 0.129 e. The Morgan fingerprint density at radius 1 is 1.30 bits per heavy atom.